The molecule has 0 unspecified atom stereocenters. The van der Waals surface area contributed by atoms with Gasteiger partial charge in [-0.05, 0) is 24.9 Å². The summed E-state index contributed by atoms with van der Waals surface area (Å²) in [6.45, 7) is 1.77. The minimum atomic E-state index is 0.129. The van der Waals surface area contributed by atoms with E-state index in [0.29, 0.717) is 0 Å². The number of nitrogens with two attached hydrogens (primary N) is 1. The highest BCUT2D eigenvalue weighted by Crippen LogP contribution is 2.04. The van der Waals surface area contributed by atoms with Crippen LogP contribution in [0.2, 0.25) is 0 Å². The molecule has 0 aliphatic rings. The van der Waals surface area contributed by atoms with Crippen molar-refractivity contribution in [3.8, 4) is 12.3 Å². The van der Waals surface area contributed by atoms with Crippen molar-refractivity contribution in [2.75, 3.05) is 6.54 Å². The summed E-state index contributed by atoms with van der Waals surface area (Å²) in [5, 5.41) is 14.8. The maximum atomic E-state index is 8.54. The Morgan fingerprint density at radius 1 is 1.33 bits per heavy atom. The van der Waals surface area contributed by atoms with Crippen molar-refractivity contribution < 1.29 is 5.21 Å². The van der Waals surface area contributed by atoms with Gasteiger partial charge in [0, 0.05) is 18.5 Å². The number of hydrogen-bond donors (Lipinski definition) is 3. The molecule has 0 fully saturated rings. The lowest BCUT2D eigenvalue weighted by atomic mass is 10.1. The fourth-order valence-corrected chi connectivity index (χ4v) is 1.56. The summed E-state index contributed by atoms with van der Waals surface area (Å²) in [5.41, 5.74) is 7.37. The van der Waals surface area contributed by atoms with E-state index in [1.165, 1.54) is 5.56 Å². The van der Waals surface area contributed by atoms with E-state index in [1.54, 1.807) is 0 Å². The zero-order valence-corrected chi connectivity index (χ0v) is 10.4. The SMILES string of the molecule is C#CCCCCNCc1ccc(/C(N)=N\O)cc1. The molecule has 4 N–H and O–H groups in total. The normalized spacial score (nSPS) is 11.2. The summed E-state index contributed by atoms with van der Waals surface area (Å²) < 4.78 is 0. The van der Waals surface area contributed by atoms with Gasteiger partial charge in [-0.1, -0.05) is 29.4 Å². The molecule has 0 bridgehead atoms. The second-order valence-electron chi connectivity index (χ2n) is 4.02. The Bertz CT molecular complexity index is 418. The Morgan fingerprint density at radius 2 is 2.06 bits per heavy atom. The van der Waals surface area contributed by atoms with Crippen LogP contribution in [0, 0.1) is 12.3 Å². The third-order valence-electron chi connectivity index (χ3n) is 2.61. The van der Waals surface area contributed by atoms with Crippen molar-refractivity contribution >= 4 is 5.84 Å². The maximum Gasteiger partial charge on any atom is 0.170 e. The topological polar surface area (TPSA) is 70.6 Å². The van der Waals surface area contributed by atoms with Gasteiger partial charge in [0.25, 0.3) is 0 Å². The quantitative estimate of drug-likeness (QED) is 0.171. The first-order valence-corrected chi connectivity index (χ1v) is 5.99. The van der Waals surface area contributed by atoms with Gasteiger partial charge in [-0.2, -0.15) is 0 Å². The van der Waals surface area contributed by atoms with E-state index in [1.807, 2.05) is 24.3 Å². The van der Waals surface area contributed by atoms with E-state index in [0.717, 1.165) is 37.9 Å². The van der Waals surface area contributed by atoms with Crippen LogP contribution in [0.25, 0.3) is 0 Å². The molecule has 1 aromatic rings. The number of terminal acetylenes is 1. The molecule has 0 atom stereocenters. The molecule has 4 nitrogen and oxygen atoms in total. The predicted octanol–water partition coefficient (Wildman–Crippen LogP) is 1.67. The van der Waals surface area contributed by atoms with Gasteiger partial charge in [0.05, 0.1) is 0 Å². The number of rotatable bonds is 7. The number of hydrogen-bond acceptors (Lipinski definition) is 3. The Labute approximate surface area is 108 Å². The minimum Gasteiger partial charge on any atom is -0.409 e. The molecule has 1 aromatic carbocycles. The van der Waals surface area contributed by atoms with Crippen LogP contribution < -0.4 is 11.1 Å². The maximum absolute atomic E-state index is 8.54. The third kappa shape index (κ3) is 4.89. The number of amidine groups is 1. The van der Waals surface area contributed by atoms with E-state index < -0.39 is 0 Å². The van der Waals surface area contributed by atoms with Gasteiger partial charge in [-0.15, -0.1) is 12.3 Å². The Hall–Kier alpha value is -1.99. The van der Waals surface area contributed by atoms with E-state index in [9.17, 15) is 0 Å². The standard InChI is InChI=1S/C14H19N3O/c1-2-3-4-5-10-16-11-12-6-8-13(9-7-12)14(15)17-18/h1,6-9,16,18H,3-5,10-11H2,(H2,15,17). The summed E-state index contributed by atoms with van der Waals surface area (Å²) >= 11 is 0. The molecule has 0 amide bonds. The second kappa shape index (κ2) is 8.15. The molecule has 0 saturated heterocycles. The van der Waals surface area contributed by atoms with E-state index in [2.05, 4.69) is 16.4 Å². The van der Waals surface area contributed by atoms with Crippen LogP contribution in [0.3, 0.4) is 0 Å². The van der Waals surface area contributed by atoms with Gasteiger partial charge < -0.3 is 16.3 Å². The summed E-state index contributed by atoms with van der Waals surface area (Å²) in [7, 11) is 0. The summed E-state index contributed by atoms with van der Waals surface area (Å²) in [6, 6.07) is 7.60. The molecule has 0 aliphatic heterocycles. The van der Waals surface area contributed by atoms with Crippen molar-refractivity contribution in [1.29, 1.82) is 0 Å². The minimum absolute atomic E-state index is 0.129. The van der Waals surface area contributed by atoms with Crippen LogP contribution >= 0.6 is 0 Å². The molecule has 0 aromatic heterocycles. The highest BCUT2D eigenvalue weighted by atomic mass is 16.4. The van der Waals surface area contributed by atoms with Crippen LogP contribution in [-0.2, 0) is 6.54 Å². The van der Waals surface area contributed by atoms with Gasteiger partial charge in [0.15, 0.2) is 5.84 Å². The van der Waals surface area contributed by atoms with Gasteiger partial charge in [-0.3, -0.25) is 0 Å². The number of benzene rings is 1. The van der Waals surface area contributed by atoms with Crippen LogP contribution in [0.4, 0.5) is 0 Å². The zero-order valence-electron chi connectivity index (χ0n) is 10.4. The van der Waals surface area contributed by atoms with Gasteiger partial charge in [0.1, 0.15) is 0 Å². The monoisotopic (exact) mass is 245 g/mol. The van der Waals surface area contributed by atoms with Gasteiger partial charge in [0.2, 0.25) is 0 Å². The zero-order chi connectivity index (χ0) is 13.2. The Morgan fingerprint density at radius 3 is 2.67 bits per heavy atom. The summed E-state index contributed by atoms with van der Waals surface area (Å²) in [5.74, 6) is 2.76. The lowest BCUT2D eigenvalue weighted by Gasteiger charge is -2.05. The number of nitrogens with one attached hydrogen (secondary N) is 1. The average molecular weight is 245 g/mol. The molecule has 18 heavy (non-hydrogen) atoms. The Balaban J connectivity index is 2.29. The Kier molecular flexibility index (Phi) is 6.37. The second-order valence-corrected chi connectivity index (χ2v) is 4.02. The molecule has 0 spiro atoms. The first-order valence-electron chi connectivity index (χ1n) is 5.99. The molecule has 0 heterocycles. The van der Waals surface area contributed by atoms with Crippen molar-refractivity contribution in [3.63, 3.8) is 0 Å². The fraction of sp³-hybridized carbons (Fsp3) is 0.357. The van der Waals surface area contributed by atoms with Crippen molar-refractivity contribution in [1.82, 2.24) is 5.32 Å². The van der Waals surface area contributed by atoms with E-state index >= 15 is 0 Å². The molecule has 96 valence electrons. The fourth-order valence-electron chi connectivity index (χ4n) is 1.56. The van der Waals surface area contributed by atoms with Crippen LogP contribution in [-0.4, -0.2) is 17.6 Å². The predicted molar refractivity (Wildman–Crippen MR) is 73.3 cm³/mol. The largest absolute Gasteiger partial charge is 0.409 e. The number of oxime groups is 1. The highest BCUT2D eigenvalue weighted by molar-refractivity contribution is 5.96. The van der Waals surface area contributed by atoms with Crippen LogP contribution in [0.1, 0.15) is 30.4 Å². The lowest BCUT2D eigenvalue weighted by molar-refractivity contribution is 0.318. The van der Waals surface area contributed by atoms with Gasteiger partial charge in [-0.25, -0.2) is 0 Å². The van der Waals surface area contributed by atoms with Crippen molar-refractivity contribution in [2.45, 2.75) is 25.8 Å². The van der Waals surface area contributed by atoms with Gasteiger partial charge >= 0.3 is 0 Å². The molecule has 1 rings (SSSR count). The molecule has 0 radical (unpaired) electrons. The smallest absolute Gasteiger partial charge is 0.170 e. The molecule has 4 heteroatoms. The summed E-state index contributed by atoms with van der Waals surface area (Å²) in [6.07, 6.45) is 8.17. The van der Waals surface area contributed by atoms with Crippen molar-refractivity contribution in [3.05, 3.63) is 35.4 Å². The molecular formula is C14H19N3O. The van der Waals surface area contributed by atoms with Crippen LogP contribution in [0.15, 0.2) is 29.4 Å². The van der Waals surface area contributed by atoms with E-state index in [-0.39, 0.29) is 5.84 Å². The number of unbranched alkanes of at least 4 members (excludes halogenated alkanes) is 2. The first kappa shape index (κ1) is 14.1. The summed E-state index contributed by atoms with van der Waals surface area (Å²) in [4.78, 5) is 0. The first-order chi connectivity index (χ1) is 8.77. The number of nitrogens with zero attached hydrogens (tertiary/aromatic N) is 1. The molecule has 0 aliphatic carbocycles. The highest BCUT2D eigenvalue weighted by Gasteiger charge is 1.98. The third-order valence-corrected chi connectivity index (χ3v) is 2.61. The molecular weight excluding hydrogens is 226 g/mol. The lowest BCUT2D eigenvalue weighted by Crippen LogP contribution is -2.15. The van der Waals surface area contributed by atoms with E-state index in [4.69, 9.17) is 17.4 Å². The van der Waals surface area contributed by atoms with Crippen molar-refractivity contribution in [2.24, 2.45) is 10.9 Å². The molecule has 0 saturated carbocycles. The van der Waals surface area contributed by atoms with Crippen LogP contribution in [0.5, 0.6) is 0 Å². The average Bonchev–Trinajstić information content (AvgIpc) is 2.42.